The Labute approximate surface area is 79.2 Å². The van der Waals surface area contributed by atoms with Gasteiger partial charge in [0.15, 0.2) is 0 Å². The van der Waals surface area contributed by atoms with Gasteiger partial charge in [-0.1, -0.05) is 0 Å². The molecule has 1 rings (SSSR count). The van der Waals surface area contributed by atoms with Gasteiger partial charge in [0.05, 0.1) is 0 Å². The summed E-state index contributed by atoms with van der Waals surface area (Å²) in [6.45, 7) is 4.94. The van der Waals surface area contributed by atoms with Crippen LogP contribution in [0.5, 0.6) is 0 Å². The number of hydrogen-bond acceptors (Lipinski definition) is 3. The van der Waals surface area contributed by atoms with Crippen LogP contribution in [0.25, 0.3) is 0 Å². The van der Waals surface area contributed by atoms with Crippen molar-refractivity contribution in [1.82, 2.24) is 10.2 Å². The van der Waals surface area contributed by atoms with E-state index in [0.717, 1.165) is 26.1 Å². The molecule has 0 radical (unpaired) electrons. The molecule has 1 aliphatic heterocycles. The Bertz CT molecular complexity index is 173. The van der Waals surface area contributed by atoms with E-state index in [9.17, 15) is 4.79 Å². The van der Waals surface area contributed by atoms with Crippen molar-refractivity contribution in [2.45, 2.75) is 19.4 Å². The zero-order chi connectivity index (χ0) is 9.68. The van der Waals surface area contributed by atoms with Gasteiger partial charge in [-0.15, -0.1) is 0 Å². The highest BCUT2D eigenvalue weighted by atomic mass is 16.5. The van der Waals surface area contributed by atoms with Gasteiger partial charge in [0.1, 0.15) is 6.61 Å². The van der Waals surface area contributed by atoms with Crippen molar-refractivity contribution in [2.24, 2.45) is 0 Å². The first-order chi connectivity index (χ1) is 6.24. The van der Waals surface area contributed by atoms with Crippen LogP contribution in [0.3, 0.4) is 0 Å². The molecular weight excluding hydrogens is 168 g/mol. The highest BCUT2D eigenvalue weighted by molar-refractivity contribution is 5.77. The molecule has 0 aromatic heterocycles. The van der Waals surface area contributed by atoms with Crippen LogP contribution < -0.4 is 5.32 Å². The molecule has 1 aliphatic rings. The van der Waals surface area contributed by atoms with Crippen molar-refractivity contribution >= 4 is 5.91 Å². The van der Waals surface area contributed by atoms with E-state index in [2.05, 4.69) is 12.2 Å². The predicted molar refractivity (Wildman–Crippen MR) is 50.5 cm³/mol. The summed E-state index contributed by atoms with van der Waals surface area (Å²) in [4.78, 5) is 13.3. The SMILES string of the molecule is COCC(=O)N1CCCNC(C)C1. The van der Waals surface area contributed by atoms with Gasteiger partial charge in [-0.25, -0.2) is 0 Å². The van der Waals surface area contributed by atoms with Gasteiger partial charge in [-0.3, -0.25) is 4.79 Å². The molecule has 1 saturated heterocycles. The van der Waals surface area contributed by atoms with Crippen LogP contribution in [0.15, 0.2) is 0 Å². The second-order valence-electron chi connectivity index (χ2n) is 3.48. The van der Waals surface area contributed by atoms with E-state index >= 15 is 0 Å². The minimum atomic E-state index is 0.0954. The molecule has 1 fully saturated rings. The molecule has 0 bridgehead atoms. The molecule has 4 nitrogen and oxygen atoms in total. The van der Waals surface area contributed by atoms with E-state index in [1.54, 1.807) is 7.11 Å². The molecule has 0 saturated carbocycles. The maximum atomic E-state index is 11.5. The third-order valence-corrected chi connectivity index (χ3v) is 2.21. The van der Waals surface area contributed by atoms with Crippen molar-refractivity contribution in [1.29, 1.82) is 0 Å². The van der Waals surface area contributed by atoms with Crippen LogP contribution in [0.4, 0.5) is 0 Å². The van der Waals surface area contributed by atoms with Crippen molar-refractivity contribution in [3.05, 3.63) is 0 Å². The Balaban J connectivity index is 2.42. The molecule has 76 valence electrons. The molecule has 0 aromatic rings. The fraction of sp³-hybridized carbons (Fsp3) is 0.889. The summed E-state index contributed by atoms with van der Waals surface area (Å²) in [6.07, 6.45) is 1.03. The molecule has 1 heterocycles. The Morgan fingerprint density at radius 1 is 1.69 bits per heavy atom. The minimum Gasteiger partial charge on any atom is -0.375 e. The van der Waals surface area contributed by atoms with E-state index in [4.69, 9.17) is 4.74 Å². The van der Waals surface area contributed by atoms with Crippen LogP contribution in [-0.4, -0.2) is 50.2 Å². The molecule has 13 heavy (non-hydrogen) atoms. The Hall–Kier alpha value is -0.610. The summed E-state index contributed by atoms with van der Waals surface area (Å²) in [6, 6.07) is 0.392. The van der Waals surface area contributed by atoms with Gasteiger partial charge >= 0.3 is 0 Å². The lowest BCUT2D eigenvalue weighted by atomic mass is 10.3. The van der Waals surface area contributed by atoms with Gasteiger partial charge in [0.25, 0.3) is 0 Å². The Morgan fingerprint density at radius 3 is 3.15 bits per heavy atom. The number of rotatable bonds is 2. The van der Waals surface area contributed by atoms with E-state index in [1.165, 1.54) is 0 Å². The van der Waals surface area contributed by atoms with Crippen molar-refractivity contribution in [3.8, 4) is 0 Å². The molecule has 0 aliphatic carbocycles. The summed E-state index contributed by atoms with van der Waals surface area (Å²) >= 11 is 0. The van der Waals surface area contributed by atoms with E-state index in [-0.39, 0.29) is 12.5 Å². The highest BCUT2D eigenvalue weighted by Crippen LogP contribution is 2.00. The van der Waals surface area contributed by atoms with Gasteiger partial charge < -0.3 is 15.0 Å². The van der Waals surface area contributed by atoms with Crippen LogP contribution in [0, 0.1) is 0 Å². The smallest absolute Gasteiger partial charge is 0.248 e. The first kappa shape index (κ1) is 10.5. The molecular formula is C9H18N2O2. The van der Waals surface area contributed by atoms with E-state index in [0.29, 0.717) is 6.04 Å². The van der Waals surface area contributed by atoms with E-state index in [1.807, 2.05) is 4.90 Å². The lowest BCUT2D eigenvalue weighted by molar-refractivity contribution is -0.135. The fourth-order valence-electron chi connectivity index (χ4n) is 1.55. The molecule has 1 N–H and O–H groups in total. The molecule has 0 aromatic carbocycles. The maximum Gasteiger partial charge on any atom is 0.248 e. The number of carbonyl (C=O) groups is 1. The van der Waals surface area contributed by atoms with Crippen LogP contribution in [0.2, 0.25) is 0 Å². The minimum absolute atomic E-state index is 0.0954. The topological polar surface area (TPSA) is 41.6 Å². The standard InChI is InChI=1S/C9H18N2O2/c1-8-6-11(5-3-4-10-8)9(12)7-13-2/h8,10H,3-7H2,1-2H3. The van der Waals surface area contributed by atoms with Crippen molar-refractivity contribution in [3.63, 3.8) is 0 Å². The van der Waals surface area contributed by atoms with Gasteiger partial charge in [0.2, 0.25) is 5.91 Å². The van der Waals surface area contributed by atoms with Crippen molar-refractivity contribution in [2.75, 3.05) is 33.4 Å². The fourth-order valence-corrected chi connectivity index (χ4v) is 1.55. The number of carbonyl (C=O) groups excluding carboxylic acids is 1. The first-order valence-electron chi connectivity index (χ1n) is 4.74. The average Bonchev–Trinajstić information content (AvgIpc) is 2.30. The second-order valence-corrected chi connectivity index (χ2v) is 3.48. The Morgan fingerprint density at radius 2 is 2.46 bits per heavy atom. The number of nitrogens with zero attached hydrogens (tertiary/aromatic N) is 1. The molecule has 1 atom stereocenters. The lowest BCUT2D eigenvalue weighted by Crippen LogP contribution is -2.40. The average molecular weight is 186 g/mol. The monoisotopic (exact) mass is 186 g/mol. The van der Waals surface area contributed by atoms with Gasteiger partial charge in [-0.2, -0.15) is 0 Å². The summed E-state index contributed by atoms with van der Waals surface area (Å²) in [7, 11) is 1.55. The maximum absolute atomic E-state index is 11.5. The Kier molecular flexibility index (Phi) is 4.18. The van der Waals surface area contributed by atoms with Gasteiger partial charge in [0, 0.05) is 26.2 Å². The number of amides is 1. The molecule has 1 unspecified atom stereocenters. The zero-order valence-electron chi connectivity index (χ0n) is 8.38. The lowest BCUT2D eigenvalue weighted by Gasteiger charge is -2.22. The number of hydrogen-bond donors (Lipinski definition) is 1. The molecule has 4 heteroatoms. The first-order valence-corrected chi connectivity index (χ1v) is 4.74. The summed E-state index contributed by atoms with van der Waals surface area (Å²) < 4.78 is 4.82. The normalized spacial score (nSPS) is 24.2. The zero-order valence-corrected chi connectivity index (χ0v) is 8.38. The number of ether oxygens (including phenoxy) is 1. The summed E-state index contributed by atoms with van der Waals surface area (Å²) in [5.41, 5.74) is 0. The van der Waals surface area contributed by atoms with Crippen LogP contribution in [-0.2, 0) is 9.53 Å². The predicted octanol–water partition coefficient (Wildman–Crippen LogP) is -0.157. The quantitative estimate of drug-likeness (QED) is 0.651. The third kappa shape index (κ3) is 3.32. The van der Waals surface area contributed by atoms with Crippen LogP contribution in [0.1, 0.15) is 13.3 Å². The second kappa shape index (κ2) is 5.19. The highest BCUT2D eigenvalue weighted by Gasteiger charge is 2.18. The number of methoxy groups -OCH3 is 1. The molecule has 0 spiro atoms. The third-order valence-electron chi connectivity index (χ3n) is 2.21. The van der Waals surface area contributed by atoms with Gasteiger partial charge in [-0.05, 0) is 19.9 Å². The van der Waals surface area contributed by atoms with Crippen molar-refractivity contribution < 1.29 is 9.53 Å². The van der Waals surface area contributed by atoms with Crippen LogP contribution >= 0.6 is 0 Å². The van der Waals surface area contributed by atoms with E-state index < -0.39 is 0 Å². The number of nitrogens with one attached hydrogen (secondary N) is 1. The summed E-state index contributed by atoms with van der Waals surface area (Å²) in [5, 5.41) is 3.34. The molecule has 1 amide bonds. The summed E-state index contributed by atoms with van der Waals surface area (Å²) in [5.74, 6) is 0.0954. The largest absolute Gasteiger partial charge is 0.375 e.